The summed E-state index contributed by atoms with van der Waals surface area (Å²) in [7, 11) is -1.44. The van der Waals surface area contributed by atoms with Crippen LogP contribution in [0.2, 0.25) is 13.1 Å². The third-order valence-corrected chi connectivity index (χ3v) is 8.50. The molecule has 0 N–H and O–H groups in total. The molecule has 0 nitrogen and oxygen atoms in total. The van der Waals surface area contributed by atoms with Crippen LogP contribution in [0.4, 0.5) is 0 Å². The van der Waals surface area contributed by atoms with Gasteiger partial charge < -0.3 is 0 Å². The van der Waals surface area contributed by atoms with Gasteiger partial charge in [0.1, 0.15) is 8.07 Å². The largest absolute Gasteiger partial charge is 0.104 e. The predicted octanol–water partition coefficient (Wildman–Crippen LogP) is 5.35. The Morgan fingerprint density at radius 1 is 0.944 bits per heavy atom. The first-order valence-corrected chi connectivity index (χ1v) is 10.0. The molecule has 2 aliphatic rings. The van der Waals surface area contributed by atoms with Crippen LogP contribution < -0.4 is 0 Å². The van der Waals surface area contributed by atoms with Crippen LogP contribution in [0.1, 0.15) is 40.5 Å². The summed E-state index contributed by atoms with van der Waals surface area (Å²) in [6, 6.07) is 0. The summed E-state index contributed by atoms with van der Waals surface area (Å²) in [4.78, 5) is 0. The second-order valence-electron chi connectivity index (χ2n) is 7.14. The minimum Gasteiger partial charge on any atom is -0.0806 e. The Kier molecular flexibility index (Phi) is 3.31. The Balaban J connectivity index is 2.46. The zero-order valence-corrected chi connectivity index (χ0v) is 13.7. The van der Waals surface area contributed by atoms with E-state index in [9.17, 15) is 0 Å². The van der Waals surface area contributed by atoms with Gasteiger partial charge in [-0.15, -0.1) is 0 Å². The molecular weight excluding hydrogens is 232 g/mol. The molecule has 1 heteroatoms. The molecule has 0 saturated heterocycles. The molecule has 0 amide bonds. The summed E-state index contributed by atoms with van der Waals surface area (Å²) in [5.41, 5.74) is 3.42. The predicted molar refractivity (Wildman–Crippen MR) is 84.2 cm³/mol. The van der Waals surface area contributed by atoms with Crippen molar-refractivity contribution >= 4 is 8.07 Å². The highest BCUT2D eigenvalue weighted by Gasteiger charge is 2.36. The first-order valence-electron chi connectivity index (χ1n) is 7.02. The number of allylic oxidation sites excluding steroid dienone is 8. The third-order valence-electron chi connectivity index (χ3n) is 4.41. The van der Waals surface area contributed by atoms with Crippen molar-refractivity contribution in [2.75, 3.05) is 0 Å². The fraction of sp³-hybridized carbons (Fsp3) is 0.529. The molecule has 0 radical (unpaired) electrons. The molecule has 2 aliphatic carbocycles. The molecule has 0 aliphatic heterocycles. The zero-order valence-electron chi connectivity index (χ0n) is 12.7. The lowest BCUT2D eigenvalue weighted by Crippen LogP contribution is -2.34. The Labute approximate surface area is 113 Å². The van der Waals surface area contributed by atoms with Crippen molar-refractivity contribution in [2.45, 2.75) is 53.6 Å². The van der Waals surface area contributed by atoms with E-state index in [-0.39, 0.29) is 5.41 Å². The maximum atomic E-state index is 2.53. The second-order valence-corrected chi connectivity index (χ2v) is 11.6. The van der Waals surface area contributed by atoms with Crippen LogP contribution in [0.3, 0.4) is 0 Å². The van der Waals surface area contributed by atoms with E-state index in [1.807, 2.05) is 0 Å². The van der Waals surface area contributed by atoms with Crippen LogP contribution in [-0.4, -0.2) is 8.07 Å². The normalized spacial score (nSPS) is 20.6. The van der Waals surface area contributed by atoms with E-state index in [1.165, 1.54) is 18.4 Å². The van der Waals surface area contributed by atoms with Gasteiger partial charge in [0, 0.05) is 0 Å². The lowest BCUT2D eigenvalue weighted by Gasteiger charge is -2.32. The molecule has 2 rings (SSSR count). The van der Waals surface area contributed by atoms with E-state index in [0.29, 0.717) is 0 Å². The quantitative estimate of drug-likeness (QED) is 0.586. The third kappa shape index (κ3) is 2.21. The molecule has 0 spiro atoms. The van der Waals surface area contributed by atoms with Crippen LogP contribution in [0.15, 0.2) is 45.8 Å². The number of hydrogen-bond donors (Lipinski definition) is 0. The zero-order chi connectivity index (χ0) is 13.6. The van der Waals surface area contributed by atoms with Gasteiger partial charge in [0.25, 0.3) is 0 Å². The molecule has 0 bridgehead atoms. The highest BCUT2D eigenvalue weighted by Crippen LogP contribution is 2.42. The highest BCUT2D eigenvalue weighted by atomic mass is 28.3. The Hall–Kier alpha value is -0.823. The van der Waals surface area contributed by atoms with Crippen molar-refractivity contribution in [3.8, 4) is 0 Å². The van der Waals surface area contributed by atoms with Crippen molar-refractivity contribution in [2.24, 2.45) is 5.41 Å². The molecule has 0 unspecified atom stereocenters. The van der Waals surface area contributed by atoms with E-state index in [0.717, 1.165) is 0 Å². The van der Waals surface area contributed by atoms with Gasteiger partial charge in [-0.05, 0) is 30.8 Å². The van der Waals surface area contributed by atoms with Crippen LogP contribution >= 0.6 is 0 Å². The molecule has 0 fully saturated rings. The fourth-order valence-electron chi connectivity index (χ4n) is 3.35. The average Bonchev–Trinajstić information content (AvgIpc) is 2.83. The number of rotatable bonds is 2. The number of hydrogen-bond acceptors (Lipinski definition) is 0. The van der Waals surface area contributed by atoms with Crippen LogP contribution in [0, 0.1) is 5.41 Å². The van der Waals surface area contributed by atoms with E-state index in [4.69, 9.17) is 0 Å². The van der Waals surface area contributed by atoms with Gasteiger partial charge in [0.15, 0.2) is 0 Å². The summed E-state index contributed by atoms with van der Waals surface area (Å²) in [6.07, 6.45) is 11.8. The monoisotopic (exact) mass is 258 g/mol. The smallest absolute Gasteiger partial charge is 0.0806 e. The molecule has 98 valence electrons. The molecule has 0 atom stereocenters. The van der Waals surface area contributed by atoms with E-state index in [1.54, 1.807) is 16.0 Å². The lowest BCUT2D eigenvalue weighted by molar-refractivity contribution is 0.516. The average molecular weight is 258 g/mol. The first kappa shape index (κ1) is 13.6. The summed E-state index contributed by atoms with van der Waals surface area (Å²) >= 11 is 0. The van der Waals surface area contributed by atoms with Gasteiger partial charge >= 0.3 is 0 Å². The second kappa shape index (κ2) is 4.38. The molecule has 0 aromatic carbocycles. The molecule has 0 heterocycles. The standard InChI is InChI=1S/C17H26Si/c1-13-9-7-11-15(13)18(5,6)16-12-8-10-14(16)17(2,3)4/h7-10H,11-12H2,1-6H3. The lowest BCUT2D eigenvalue weighted by atomic mass is 9.87. The van der Waals surface area contributed by atoms with Gasteiger partial charge in [-0.25, -0.2) is 0 Å². The van der Waals surface area contributed by atoms with Crippen LogP contribution in [-0.2, 0) is 0 Å². The molecule has 0 saturated carbocycles. The van der Waals surface area contributed by atoms with E-state index >= 15 is 0 Å². The van der Waals surface area contributed by atoms with E-state index in [2.05, 4.69) is 65.1 Å². The summed E-state index contributed by atoms with van der Waals surface area (Å²) in [5, 5.41) is 3.50. The molecule has 0 aromatic heterocycles. The first-order chi connectivity index (χ1) is 8.24. The molecule has 0 aromatic rings. The van der Waals surface area contributed by atoms with Gasteiger partial charge in [-0.2, -0.15) is 0 Å². The van der Waals surface area contributed by atoms with Crippen molar-refractivity contribution in [1.29, 1.82) is 0 Å². The van der Waals surface area contributed by atoms with Crippen molar-refractivity contribution in [3.05, 3.63) is 45.8 Å². The minimum atomic E-state index is -1.44. The maximum Gasteiger partial charge on any atom is 0.104 e. The Morgan fingerprint density at radius 2 is 1.50 bits per heavy atom. The van der Waals surface area contributed by atoms with Crippen molar-refractivity contribution < 1.29 is 0 Å². The SMILES string of the molecule is CC1=C([Si](C)(C)C2=C(C(C)(C)C)C=CC2)CC=C1. The van der Waals surface area contributed by atoms with Gasteiger partial charge in [-0.3, -0.25) is 0 Å². The highest BCUT2D eigenvalue weighted by molar-refractivity contribution is 6.91. The van der Waals surface area contributed by atoms with Crippen LogP contribution in [0.25, 0.3) is 0 Å². The summed E-state index contributed by atoms with van der Waals surface area (Å²) in [5.74, 6) is 0. The van der Waals surface area contributed by atoms with Crippen LogP contribution in [0.5, 0.6) is 0 Å². The van der Waals surface area contributed by atoms with Gasteiger partial charge in [0.05, 0.1) is 0 Å². The van der Waals surface area contributed by atoms with Crippen molar-refractivity contribution in [3.63, 3.8) is 0 Å². The van der Waals surface area contributed by atoms with Gasteiger partial charge in [0.2, 0.25) is 0 Å². The fourth-order valence-corrected chi connectivity index (χ4v) is 7.17. The van der Waals surface area contributed by atoms with E-state index < -0.39 is 8.07 Å². The molecule has 18 heavy (non-hydrogen) atoms. The van der Waals surface area contributed by atoms with Crippen molar-refractivity contribution in [1.82, 2.24) is 0 Å². The van der Waals surface area contributed by atoms with Gasteiger partial charge in [-0.1, -0.05) is 74.1 Å². The summed E-state index contributed by atoms with van der Waals surface area (Å²) in [6.45, 7) is 14.4. The minimum absolute atomic E-state index is 0.285. The summed E-state index contributed by atoms with van der Waals surface area (Å²) < 4.78 is 0. The molecular formula is C17H26Si. The maximum absolute atomic E-state index is 2.53. The topological polar surface area (TPSA) is 0 Å². The Bertz CT molecular complexity index is 476. The Morgan fingerprint density at radius 3 is 2.00 bits per heavy atom.